The molecule has 4 nitrogen and oxygen atoms in total. The van der Waals surface area contributed by atoms with Crippen molar-refractivity contribution in [1.82, 2.24) is 0 Å². The average Bonchev–Trinajstić information content (AvgIpc) is 2.52. The summed E-state index contributed by atoms with van der Waals surface area (Å²) >= 11 is 0. The van der Waals surface area contributed by atoms with Crippen molar-refractivity contribution in [3.63, 3.8) is 0 Å². The van der Waals surface area contributed by atoms with Gasteiger partial charge in [-0.05, 0) is 26.7 Å². The third-order valence-electron chi connectivity index (χ3n) is 3.03. The molecule has 1 unspecified atom stereocenters. The van der Waals surface area contributed by atoms with E-state index < -0.39 is 0 Å². The van der Waals surface area contributed by atoms with E-state index in [4.69, 9.17) is 9.47 Å². The lowest BCUT2D eigenvalue weighted by Crippen LogP contribution is -2.14. The van der Waals surface area contributed by atoms with Crippen molar-refractivity contribution in [2.45, 2.75) is 78.7 Å². The molecule has 0 saturated carbocycles. The molecule has 0 aromatic heterocycles. The first-order chi connectivity index (χ1) is 10.9. The summed E-state index contributed by atoms with van der Waals surface area (Å²) in [6.45, 7) is 15.2. The summed E-state index contributed by atoms with van der Waals surface area (Å²) in [5, 5.41) is 0. The van der Waals surface area contributed by atoms with Gasteiger partial charge in [0.1, 0.15) is 0 Å². The van der Waals surface area contributed by atoms with Crippen LogP contribution in [0.25, 0.3) is 0 Å². The minimum absolute atomic E-state index is 0.0224. The van der Waals surface area contributed by atoms with Gasteiger partial charge in [0.25, 0.3) is 0 Å². The zero-order chi connectivity index (χ0) is 18.1. The smallest absolute Gasteiger partial charge is 0.333 e. The van der Waals surface area contributed by atoms with Crippen LogP contribution in [0.4, 0.5) is 0 Å². The van der Waals surface area contributed by atoms with Gasteiger partial charge < -0.3 is 9.47 Å². The molecule has 0 bridgehead atoms. The molecule has 0 aliphatic carbocycles. The highest BCUT2D eigenvalue weighted by molar-refractivity contribution is 5.87. The largest absolute Gasteiger partial charge is 0.463 e. The Morgan fingerprint density at radius 3 is 2.17 bits per heavy atom. The topological polar surface area (TPSA) is 52.6 Å². The van der Waals surface area contributed by atoms with E-state index in [9.17, 15) is 9.59 Å². The summed E-state index contributed by atoms with van der Waals surface area (Å²) < 4.78 is 9.86. The number of carbonyl (C=O) groups excluding carboxylic acids is 2. The number of unbranched alkanes of at least 4 members (excludes halogenated alkanes) is 4. The summed E-state index contributed by atoms with van der Waals surface area (Å²) in [5.74, 6) is -0.597. The second-order valence-electron chi connectivity index (χ2n) is 5.57. The normalized spacial score (nSPS) is 10.8. The summed E-state index contributed by atoms with van der Waals surface area (Å²) in [6, 6.07) is 0. The molecule has 0 radical (unpaired) electrons. The Morgan fingerprint density at radius 2 is 1.70 bits per heavy atom. The number of rotatable bonds is 11. The minimum Gasteiger partial charge on any atom is -0.463 e. The van der Waals surface area contributed by atoms with E-state index in [2.05, 4.69) is 27.0 Å². The summed E-state index contributed by atoms with van der Waals surface area (Å²) in [6.07, 6.45) is 8.92. The van der Waals surface area contributed by atoms with Crippen molar-refractivity contribution in [2.75, 3.05) is 6.61 Å². The fraction of sp³-hybridized carbons (Fsp3) is 0.684. The van der Waals surface area contributed by atoms with Crippen LogP contribution in [0.15, 0.2) is 24.8 Å². The van der Waals surface area contributed by atoms with Gasteiger partial charge in [-0.3, -0.25) is 0 Å². The minimum atomic E-state index is -0.318. The maximum Gasteiger partial charge on any atom is 0.333 e. The molecular formula is C19H34O4. The van der Waals surface area contributed by atoms with Gasteiger partial charge >= 0.3 is 11.9 Å². The second-order valence-corrected chi connectivity index (χ2v) is 5.57. The van der Waals surface area contributed by atoms with Crippen LogP contribution in [-0.4, -0.2) is 24.6 Å². The Kier molecular flexibility index (Phi) is 17.3. The molecule has 0 amide bonds. The summed E-state index contributed by atoms with van der Waals surface area (Å²) in [7, 11) is 0. The number of ether oxygens (including phenoxy) is 2. The van der Waals surface area contributed by atoms with Crippen molar-refractivity contribution in [3.8, 4) is 0 Å². The monoisotopic (exact) mass is 326 g/mol. The highest BCUT2D eigenvalue weighted by Gasteiger charge is 2.08. The van der Waals surface area contributed by atoms with E-state index in [0.717, 1.165) is 32.1 Å². The first-order valence-corrected chi connectivity index (χ1v) is 8.54. The van der Waals surface area contributed by atoms with Crippen molar-refractivity contribution < 1.29 is 19.1 Å². The summed E-state index contributed by atoms with van der Waals surface area (Å²) in [5.41, 5.74) is 0.471. The molecule has 134 valence electrons. The zero-order valence-electron chi connectivity index (χ0n) is 15.4. The van der Waals surface area contributed by atoms with Gasteiger partial charge in [-0.25, -0.2) is 9.59 Å². The standard InChI is InChI=1S/C10H18O2.C9H16O2/c1-5-6-7-9(4)12-10(11)8(2)3;1-3-5-6-7-8-11-9(10)4-2/h9H,2,5-7H2,1,3-4H3;4H,2-3,5-8H2,1H3. The quantitative estimate of drug-likeness (QED) is 0.305. The molecule has 0 heterocycles. The van der Waals surface area contributed by atoms with Gasteiger partial charge in [0.2, 0.25) is 0 Å². The Labute approximate surface area is 141 Å². The molecule has 0 aliphatic heterocycles. The SMILES string of the molecule is C=C(C)C(=O)OC(C)CCCC.C=CC(=O)OCCCCCC. The van der Waals surface area contributed by atoms with Crippen LogP contribution < -0.4 is 0 Å². The summed E-state index contributed by atoms with van der Waals surface area (Å²) in [4.78, 5) is 21.5. The molecule has 4 heteroatoms. The highest BCUT2D eigenvalue weighted by atomic mass is 16.5. The molecule has 0 aromatic rings. The van der Waals surface area contributed by atoms with Crippen molar-refractivity contribution >= 4 is 11.9 Å². The molecule has 1 atom stereocenters. The fourth-order valence-electron chi connectivity index (χ4n) is 1.59. The Hall–Kier alpha value is -1.58. The Morgan fingerprint density at radius 1 is 1.09 bits per heavy atom. The van der Waals surface area contributed by atoms with Gasteiger partial charge in [-0.15, -0.1) is 0 Å². The van der Waals surface area contributed by atoms with Crippen LogP contribution in [0.3, 0.4) is 0 Å². The molecule has 0 saturated heterocycles. The number of hydrogen-bond acceptors (Lipinski definition) is 4. The Bertz CT molecular complexity index is 347. The van der Waals surface area contributed by atoms with Gasteiger partial charge in [-0.1, -0.05) is 59.1 Å². The van der Waals surface area contributed by atoms with E-state index in [1.165, 1.54) is 18.9 Å². The van der Waals surface area contributed by atoms with Crippen molar-refractivity contribution in [3.05, 3.63) is 24.8 Å². The van der Waals surface area contributed by atoms with E-state index in [1.807, 2.05) is 6.92 Å². The van der Waals surface area contributed by atoms with E-state index in [-0.39, 0.29) is 18.0 Å². The lowest BCUT2D eigenvalue weighted by atomic mass is 10.2. The third-order valence-corrected chi connectivity index (χ3v) is 3.03. The number of hydrogen-bond donors (Lipinski definition) is 0. The van der Waals surface area contributed by atoms with E-state index in [0.29, 0.717) is 12.2 Å². The van der Waals surface area contributed by atoms with Crippen LogP contribution in [0.5, 0.6) is 0 Å². The number of carbonyl (C=O) groups is 2. The van der Waals surface area contributed by atoms with Gasteiger partial charge in [-0.2, -0.15) is 0 Å². The van der Waals surface area contributed by atoms with Crippen LogP contribution in [0, 0.1) is 0 Å². The lowest BCUT2D eigenvalue weighted by Gasteiger charge is -2.11. The molecule has 0 spiro atoms. The molecule has 0 rings (SSSR count). The first kappa shape index (κ1) is 23.7. The highest BCUT2D eigenvalue weighted by Crippen LogP contribution is 2.06. The van der Waals surface area contributed by atoms with Gasteiger partial charge in [0.05, 0.1) is 12.7 Å². The molecule has 0 aromatic carbocycles. The van der Waals surface area contributed by atoms with Crippen LogP contribution in [0.2, 0.25) is 0 Å². The van der Waals surface area contributed by atoms with E-state index >= 15 is 0 Å². The van der Waals surface area contributed by atoms with Crippen LogP contribution in [-0.2, 0) is 19.1 Å². The zero-order valence-corrected chi connectivity index (χ0v) is 15.4. The molecule has 0 N–H and O–H groups in total. The van der Waals surface area contributed by atoms with Crippen LogP contribution in [0.1, 0.15) is 72.6 Å². The number of esters is 2. The van der Waals surface area contributed by atoms with Crippen LogP contribution >= 0.6 is 0 Å². The van der Waals surface area contributed by atoms with Crippen molar-refractivity contribution in [2.24, 2.45) is 0 Å². The Balaban J connectivity index is 0. The van der Waals surface area contributed by atoms with Gasteiger partial charge in [0, 0.05) is 11.6 Å². The predicted molar refractivity (Wildman–Crippen MR) is 95.2 cm³/mol. The predicted octanol–water partition coefficient (Wildman–Crippen LogP) is 4.98. The second kappa shape index (κ2) is 16.8. The van der Waals surface area contributed by atoms with Gasteiger partial charge in [0.15, 0.2) is 0 Å². The maximum absolute atomic E-state index is 11.0. The molecule has 0 aliphatic rings. The van der Waals surface area contributed by atoms with E-state index in [1.54, 1.807) is 6.92 Å². The van der Waals surface area contributed by atoms with Crippen molar-refractivity contribution in [1.29, 1.82) is 0 Å². The average molecular weight is 326 g/mol. The lowest BCUT2D eigenvalue weighted by molar-refractivity contribution is -0.143. The molecule has 23 heavy (non-hydrogen) atoms. The molecular weight excluding hydrogens is 292 g/mol. The maximum atomic E-state index is 11.0. The fourth-order valence-corrected chi connectivity index (χ4v) is 1.59. The molecule has 0 fully saturated rings. The third kappa shape index (κ3) is 18.4. The first-order valence-electron chi connectivity index (χ1n) is 8.54.